The molecule has 0 aromatic heterocycles. The van der Waals surface area contributed by atoms with Crippen molar-refractivity contribution >= 4 is 17.8 Å². The number of nitrogens with one attached hydrogen (secondary N) is 2. The first-order chi connectivity index (χ1) is 12.2. The molecule has 0 heterocycles. The molecule has 1 aromatic rings. The number of carbonyl (C=O) groups excluding carboxylic acids is 2. The van der Waals surface area contributed by atoms with E-state index in [2.05, 4.69) is 10.6 Å². The molecule has 0 spiro atoms. The Morgan fingerprint density at radius 2 is 1.62 bits per heavy atom. The van der Waals surface area contributed by atoms with E-state index in [4.69, 9.17) is 10.8 Å². The first-order valence-corrected chi connectivity index (χ1v) is 8.48. The summed E-state index contributed by atoms with van der Waals surface area (Å²) >= 11 is 0. The normalized spacial score (nSPS) is 14.3. The molecule has 0 saturated heterocycles. The summed E-state index contributed by atoms with van der Waals surface area (Å²) in [7, 11) is 0. The third kappa shape index (κ3) is 7.20. The zero-order valence-corrected chi connectivity index (χ0v) is 15.0. The SMILES string of the molecule is CC(C)C[C@H](NC(=O)[C@@H](N)CO)C(=O)N[C@@H](Cc1ccccc1)C(=O)O. The van der Waals surface area contributed by atoms with Gasteiger partial charge in [-0.1, -0.05) is 44.2 Å². The highest BCUT2D eigenvalue weighted by Crippen LogP contribution is 2.08. The van der Waals surface area contributed by atoms with Crippen LogP contribution in [-0.4, -0.2) is 52.7 Å². The minimum atomic E-state index is -1.16. The van der Waals surface area contributed by atoms with E-state index in [0.29, 0.717) is 6.42 Å². The smallest absolute Gasteiger partial charge is 0.326 e. The zero-order valence-electron chi connectivity index (χ0n) is 15.0. The molecule has 1 aromatic carbocycles. The number of carbonyl (C=O) groups is 3. The summed E-state index contributed by atoms with van der Waals surface area (Å²) in [6.45, 7) is 3.20. The van der Waals surface area contributed by atoms with Crippen LogP contribution in [0.25, 0.3) is 0 Å². The van der Waals surface area contributed by atoms with Crippen molar-refractivity contribution < 1.29 is 24.6 Å². The van der Waals surface area contributed by atoms with E-state index in [1.165, 1.54) is 0 Å². The van der Waals surface area contributed by atoms with E-state index in [-0.39, 0.29) is 12.3 Å². The van der Waals surface area contributed by atoms with Gasteiger partial charge >= 0.3 is 5.97 Å². The molecular formula is C18H27N3O5. The summed E-state index contributed by atoms with van der Waals surface area (Å²) in [6, 6.07) is 5.74. The van der Waals surface area contributed by atoms with Gasteiger partial charge in [-0.2, -0.15) is 0 Å². The number of nitrogens with two attached hydrogens (primary N) is 1. The van der Waals surface area contributed by atoms with Crippen molar-refractivity contribution in [3.8, 4) is 0 Å². The van der Waals surface area contributed by atoms with Gasteiger partial charge in [-0.3, -0.25) is 9.59 Å². The van der Waals surface area contributed by atoms with Gasteiger partial charge in [0.2, 0.25) is 11.8 Å². The average Bonchev–Trinajstić information content (AvgIpc) is 2.60. The lowest BCUT2D eigenvalue weighted by molar-refractivity contribution is -0.142. The highest BCUT2D eigenvalue weighted by molar-refractivity contribution is 5.91. The van der Waals surface area contributed by atoms with Gasteiger partial charge in [-0.05, 0) is 17.9 Å². The van der Waals surface area contributed by atoms with Gasteiger partial charge in [0.05, 0.1) is 6.61 Å². The second kappa shape index (κ2) is 10.5. The highest BCUT2D eigenvalue weighted by atomic mass is 16.4. The summed E-state index contributed by atoms with van der Waals surface area (Å²) in [5.74, 6) is -2.35. The van der Waals surface area contributed by atoms with E-state index in [1.807, 2.05) is 19.9 Å². The van der Waals surface area contributed by atoms with Crippen LogP contribution in [0.5, 0.6) is 0 Å². The number of hydrogen-bond acceptors (Lipinski definition) is 5. The van der Waals surface area contributed by atoms with Crippen molar-refractivity contribution in [2.75, 3.05) is 6.61 Å². The molecule has 0 saturated carbocycles. The van der Waals surface area contributed by atoms with E-state index >= 15 is 0 Å². The predicted octanol–water partition coefficient (Wildman–Crippen LogP) is -0.351. The van der Waals surface area contributed by atoms with Crippen molar-refractivity contribution in [2.24, 2.45) is 11.7 Å². The van der Waals surface area contributed by atoms with E-state index in [1.54, 1.807) is 24.3 Å². The van der Waals surface area contributed by atoms with Gasteiger partial charge in [-0.15, -0.1) is 0 Å². The maximum absolute atomic E-state index is 12.5. The number of amides is 2. The summed E-state index contributed by atoms with van der Waals surface area (Å²) in [5, 5.41) is 23.3. The first-order valence-electron chi connectivity index (χ1n) is 8.48. The average molecular weight is 365 g/mol. The van der Waals surface area contributed by atoms with Gasteiger partial charge in [0.1, 0.15) is 18.1 Å². The molecule has 0 bridgehead atoms. The molecule has 8 heteroatoms. The van der Waals surface area contributed by atoms with Crippen LogP contribution in [0.1, 0.15) is 25.8 Å². The quantitative estimate of drug-likeness (QED) is 0.384. The van der Waals surface area contributed by atoms with Crippen LogP contribution in [0, 0.1) is 5.92 Å². The van der Waals surface area contributed by atoms with Gasteiger partial charge < -0.3 is 26.6 Å². The first kappa shape index (κ1) is 21.6. The molecule has 0 fully saturated rings. The lowest BCUT2D eigenvalue weighted by Crippen LogP contribution is -2.55. The molecule has 0 radical (unpaired) electrons. The number of aliphatic carboxylic acids is 1. The number of rotatable bonds is 10. The molecule has 0 aliphatic heterocycles. The fraction of sp³-hybridized carbons (Fsp3) is 0.500. The van der Waals surface area contributed by atoms with Crippen LogP contribution >= 0.6 is 0 Å². The van der Waals surface area contributed by atoms with Gasteiger partial charge in [0.15, 0.2) is 0 Å². The minimum absolute atomic E-state index is 0.0776. The molecule has 1 rings (SSSR count). The number of benzene rings is 1. The number of aliphatic hydroxyl groups excluding tert-OH is 1. The minimum Gasteiger partial charge on any atom is -0.480 e. The van der Waals surface area contributed by atoms with Gasteiger partial charge in [-0.25, -0.2) is 4.79 Å². The second-order valence-electron chi connectivity index (χ2n) is 6.57. The molecular weight excluding hydrogens is 338 g/mol. The molecule has 0 unspecified atom stereocenters. The summed E-state index contributed by atoms with van der Waals surface area (Å²) in [5.41, 5.74) is 6.23. The molecule has 2 amide bonds. The lowest BCUT2D eigenvalue weighted by atomic mass is 10.0. The Bertz CT molecular complexity index is 606. The predicted molar refractivity (Wildman–Crippen MR) is 96.2 cm³/mol. The molecule has 8 nitrogen and oxygen atoms in total. The number of carboxylic acid groups (broad SMARTS) is 1. The maximum Gasteiger partial charge on any atom is 0.326 e. The van der Waals surface area contributed by atoms with Gasteiger partial charge in [0.25, 0.3) is 0 Å². The third-order valence-corrected chi connectivity index (χ3v) is 3.77. The van der Waals surface area contributed by atoms with Crippen molar-refractivity contribution in [2.45, 2.75) is 44.8 Å². The largest absolute Gasteiger partial charge is 0.480 e. The van der Waals surface area contributed by atoms with Crippen LogP contribution in [0.4, 0.5) is 0 Å². The Morgan fingerprint density at radius 1 is 1.04 bits per heavy atom. The number of aliphatic hydroxyl groups is 1. The Kier molecular flexibility index (Phi) is 8.74. The van der Waals surface area contributed by atoms with Crippen LogP contribution < -0.4 is 16.4 Å². The molecule has 0 aliphatic rings. The van der Waals surface area contributed by atoms with Crippen molar-refractivity contribution in [3.63, 3.8) is 0 Å². The van der Waals surface area contributed by atoms with Crippen molar-refractivity contribution in [1.82, 2.24) is 10.6 Å². The third-order valence-electron chi connectivity index (χ3n) is 3.77. The van der Waals surface area contributed by atoms with Gasteiger partial charge in [0, 0.05) is 6.42 Å². The Labute approximate surface area is 152 Å². The summed E-state index contributed by atoms with van der Waals surface area (Å²) in [4.78, 5) is 35.9. The van der Waals surface area contributed by atoms with Crippen LogP contribution in [-0.2, 0) is 20.8 Å². The van der Waals surface area contributed by atoms with E-state index in [9.17, 15) is 19.5 Å². The number of carboxylic acids is 1. The fourth-order valence-corrected chi connectivity index (χ4v) is 2.39. The fourth-order valence-electron chi connectivity index (χ4n) is 2.39. The Balaban J connectivity index is 2.83. The van der Waals surface area contributed by atoms with E-state index < -0.39 is 42.5 Å². The Hall–Kier alpha value is -2.45. The monoisotopic (exact) mass is 365 g/mol. The Morgan fingerprint density at radius 3 is 2.12 bits per heavy atom. The zero-order chi connectivity index (χ0) is 19.7. The lowest BCUT2D eigenvalue weighted by Gasteiger charge is -2.23. The molecule has 144 valence electrons. The van der Waals surface area contributed by atoms with E-state index in [0.717, 1.165) is 5.56 Å². The highest BCUT2D eigenvalue weighted by Gasteiger charge is 2.28. The maximum atomic E-state index is 12.5. The van der Waals surface area contributed by atoms with Crippen molar-refractivity contribution in [1.29, 1.82) is 0 Å². The topological polar surface area (TPSA) is 142 Å². The molecule has 0 aliphatic carbocycles. The van der Waals surface area contributed by atoms with Crippen LogP contribution in [0.3, 0.4) is 0 Å². The summed E-state index contributed by atoms with van der Waals surface area (Å²) in [6.07, 6.45) is 0.438. The van der Waals surface area contributed by atoms with Crippen LogP contribution in [0.2, 0.25) is 0 Å². The standard InChI is InChI=1S/C18H27N3O5/c1-11(2)8-14(20-16(23)13(19)10-22)17(24)21-15(18(25)26)9-12-6-4-3-5-7-12/h3-7,11,13-15,22H,8-10,19H2,1-2H3,(H,20,23)(H,21,24)(H,25,26)/t13-,14-,15-/m0/s1. The number of hydrogen-bond donors (Lipinski definition) is 5. The molecule has 3 atom stereocenters. The summed E-state index contributed by atoms with van der Waals surface area (Å²) < 4.78 is 0. The second-order valence-corrected chi connectivity index (χ2v) is 6.57. The molecule has 6 N–H and O–H groups in total. The van der Waals surface area contributed by atoms with Crippen molar-refractivity contribution in [3.05, 3.63) is 35.9 Å². The van der Waals surface area contributed by atoms with Crippen LogP contribution in [0.15, 0.2) is 30.3 Å². The molecule has 26 heavy (non-hydrogen) atoms.